The topological polar surface area (TPSA) is 142 Å². The molecule has 3 atom stereocenters. The smallest absolute Gasteiger partial charge is 0.338 e. The van der Waals surface area contributed by atoms with Gasteiger partial charge in [-0.05, 0) is 49.6 Å². The number of benzene rings is 3. The quantitative estimate of drug-likeness (QED) is 0.159. The van der Waals surface area contributed by atoms with Gasteiger partial charge < -0.3 is 15.2 Å². The van der Waals surface area contributed by atoms with Gasteiger partial charge in [-0.15, -0.1) is 0 Å². The van der Waals surface area contributed by atoms with Crippen molar-refractivity contribution in [2.75, 3.05) is 18.1 Å². The molecule has 1 aliphatic heterocycles. The number of ketones is 1. The van der Waals surface area contributed by atoms with Crippen molar-refractivity contribution in [2.45, 2.75) is 32.1 Å². The van der Waals surface area contributed by atoms with Gasteiger partial charge in [-0.2, -0.15) is 0 Å². The van der Waals surface area contributed by atoms with Crippen molar-refractivity contribution in [3.63, 3.8) is 0 Å². The number of carbonyl (C=O) groups is 3. The van der Waals surface area contributed by atoms with Crippen molar-refractivity contribution in [1.82, 2.24) is 0 Å². The van der Waals surface area contributed by atoms with E-state index in [1.54, 1.807) is 32.0 Å². The lowest BCUT2D eigenvalue weighted by Crippen LogP contribution is -2.46. The number of Topliss-reactive ketones (excluding diaryl/α,β-unsaturated/α-hetero) is 1. The van der Waals surface area contributed by atoms with E-state index >= 15 is 0 Å². The number of allylic oxidation sites excluding steroid dienone is 2. The Bertz CT molecular complexity index is 1680. The molecule has 44 heavy (non-hydrogen) atoms. The average molecular weight is 600 g/mol. The van der Waals surface area contributed by atoms with Gasteiger partial charge in [-0.3, -0.25) is 24.6 Å². The van der Waals surface area contributed by atoms with Gasteiger partial charge in [0, 0.05) is 29.3 Å². The summed E-state index contributed by atoms with van der Waals surface area (Å²) >= 11 is 0. The molecule has 0 spiro atoms. The van der Waals surface area contributed by atoms with Crippen LogP contribution in [-0.4, -0.2) is 35.9 Å². The SMILES string of the molecule is CCOC(=O)C1=C(N)N(c2cccc(F)c2)C2=C(C(=O)[C@H](C(=O)OCC)[C@@H](c3ccccc3)C2)[C@H]1c1ccc([N+](=O)[O-])cc1. The highest BCUT2D eigenvalue weighted by Crippen LogP contribution is 2.51. The lowest BCUT2D eigenvalue weighted by Gasteiger charge is -2.44. The van der Waals surface area contributed by atoms with Crippen LogP contribution < -0.4 is 10.6 Å². The van der Waals surface area contributed by atoms with Crippen molar-refractivity contribution < 1.29 is 33.2 Å². The van der Waals surface area contributed by atoms with Crippen LogP contribution in [0.3, 0.4) is 0 Å². The van der Waals surface area contributed by atoms with Crippen LogP contribution >= 0.6 is 0 Å². The van der Waals surface area contributed by atoms with E-state index in [4.69, 9.17) is 15.2 Å². The van der Waals surface area contributed by atoms with Gasteiger partial charge in [0.25, 0.3) is 5.69 Å². The molecule has 0 amide bonds. The Labute approximate surface area is 252 Å². The first-order chi connectivity index (χ1) is 21.2. The molecule has 2 N–H and O–H groups in total. The molecular weight excluding hydrogens is 569 g/mol. The van der Waals surface area contributed by atoms with Crippen molar-refractivity contribution in [1.29, 1.82) is 0 Å². The summed E-state index contributed by atoms with van der Waals surface area (Å²) in [5, 5.41) is 11.4. The summed E-state index contributed by atoms with van der Waals surface area (Å²) in [5.74, 6) is -5.90. The van der Waals surface area contributed by atoms with Gasteiger partial charge in [-0.1, -0.05) is 48.5 Å². The molecule has 1 aliphatic carbocycles. The summed E-state index contributed by atoms with van der Waals surface area (Å²) in [6.45, 7) is 3.28. The van der Waals surface area contributed by atoms with Gasteiger partial charge in [0.05, 0.1) is 35.3 Å². The second-order valence-electron chi connectivity index (χ2n) is 10.3. The molecule has 5 rings (SSSR count). The van der Waals surface area contributed by atoms with Crippen molar-refractivity contribution in [3.8, 4) is 0 Å². The molecular formula is C33H30FN3O7. The van der Waals surface area contributed by atoms with E-state index in [0.29, 0.717) is 16.8 Å². The van der Waals surface area contributed by atoms with Crippen LogP contribution in [0.1, 0.15) is 43.2 Å². The van der Waals surface area contributed by atoms with Gasteiger partial charge >= 0.3 is 11.9 Å². The summed E-state index contributed by atoms with van der Waals surface area (Å²) in [7, 11) is 0. The van der Waals surface area contributed by atoms with Crippen LogP contribution in [0.25, 0.3) is 0 Å². The number of carbonyl (C=O) groups excluding carboxylic acids is 3. The second-order valence-corrected chi connectivity index (χ2v) is 10.3. The molecule has 3 aromatic carbocycles. The first-order valence-electron chi connectivity index (χ1n) is 14.1. The molecule has 0 saturated heterocycles. The lowest BCUT2D eigenvalue weighted by atomic mass is 9.67. The van der Waals surface area contributed by atoms with Crippen LogP contribution in [-0.2, 0) is 23.9 Å². The maximum absolute atomic E-state index is 14.7. The van der Waals surface area contributed by atoms with Crippen LogP contribution in [0, 0.1) is 21.8 Å². The third-order valence-electron chi connectivity index (χ3n) is 7.81. The molecule has 226 valence electrons. The summed E-state index contributed by atoms with van der Waals surface area (Å²) in [6.07, 6.45) is 0.103. The van der Waals surface area contributed by atoms with Gasteiger partial charge in [0.15, 0.2) is 5.78 Å². The zero-order valence-corrected chi connectivity index (χ0v) is 24.1. The molecule has 0 radical (unpaired) electrons. The van der Waals surface area contributed by atoms with E-state index in [2.05, 4.69) is 0 Å². The molecule has 3 aromatic rings. The molecule has 10 nitrogen and oxygen atoms in total. The zero-order chi connectivity index (χ0) is 31.5. The van der Waals surface area contributed by atoms with E-state index in [-0.39, 0.29) is 48.0 Å². The minimum absolute atomic E-state index is 0.00998. The Balaban J connectivity index is 1.82. The predicted octanol–water partition coefficient (Wildman–Crippen LogP) is 5.26. The highest BCUT2D eigenvalue weighted by Gasteiger charge is 2.51. The van der Waals surface area contributed by atoms with E-state index in [1.165, 1.54) is 47.4 Å². The number of rotatable bonds is 8. The molecule has 0 aromatic heterocycles. The minimum Gasteiger partial charge on any atom is -0.465 e. The Morgan fingerprint density at radius 2 is 1.66 bits per heavy atom. The van der Waals surface area contributed by atoms with Crippen LogP contribution in [0.2, 0.25) is 0 Å². The lowest BCUT2D eigenvalue weighted by molar-refractivity contribution is -0.384. The van der Waals surface area contributed by atoms with Crippen LogP contribution in [0.4, 0.5) is 15.8 Å². The fraction of sp³-hybridized carbons (Fsp3) is 0.242. The third-order valence-corrected chi connectivity index (χ3v) is 7.81. The largest absolute Gasteiger partial charge is 0.465 e. The Morgan fingerprint density at radius 1 is 0.977 bits per heavy atom. The fourth-order valence-electron chi connectivity index (χ4n) is 5.98. The molecule has 11 heteroatoms. The van der Waals surface area contributed by atoms with Gasteiger partial charge in [0.2, 0.25) is 0 Å². The predicted molar refractivity (Wildman–Crippen MR) is 159 cm³/mol. The highest BCUT2D eigenvalue weighted by molar-refractivity contribution is 6.14. The van der Waals surface area contributed by atoms with E-state index in [9.17, 15) is 28.9 Å². The minimum atomic E-state index is -1.27. The number of nitro groups is 1. The number of nitro benzene ring substituents is 1. The summed E-state index contributed by atoms with van der Waals surface area (Å²) in [5.41, 5.74) is 8.20. The van der Waals surface area contributed by atoms with E-state index in [0.717, 1.165) is 0 Å². The average Bonchev–Trinajstić information content (AvgIpc) is 3.01. The Morgan fingerprint density at radius 3 is 2.27 bits per heavy atom. The molecule has 0 fully saturated rings. The molecule has 0 bridgehead atoms. The second kappa shape index (κ2) is 12.5. The number of non-ortho nitro benzene ring substituents is 1. The molecule has 0 saturated carbocycles. The first kappa shape index (κ1) is 30.1. The number of anilines is 1. The van der Waals surface area contributed by atoms with Crippen molar-refractivity contribution in [3.05, 3.63) is 129 Å². The third kappa shape index (κ3) is 5.44. The van der Waals surface area contributed by atoms with Crippen molar-refractivity contribution >= 4 is 29.1 Å². The number of ether oxygens (including phenoxy) is 2. The fourth-order valence-corrected chi connectivity index (χ4v) is 5.98. The maximum atomic E-state index is 14.7. The standard InChI is InChI=1S/C33H30FN3O7/c1-3-43-32(39)27-24(19-9-6-5-7-10-19)18-25-28(30(27)38)26(20-13-15-22(16-14-20)37(41)42)29(33(40)44-4-2)31(35)36(25)23-12-8-11-21(34)17-23/h5-17,24,26-27H,3-4,18,35H2,1-2H3/t24-,26-,27-/m1/s1. The molecule has 2 aliphatic rings. The van der Waals surface area contributed by atoms with E-state index < -0.39 is 46.2 Å². The number of hydrogen-bond acceptors (Lipinski definition) is 9. The highest BCUT2D eigenvalue weighted by atomic mass is 19.1. The number of hydrogen-bond donors (Lipinski definition) is 1. The van der Waals surface area contributed by atoms with Crippen LogP contribution in [0.5, 0.6) is 0 Å². The van der Waals surface area contributed by atoms with Crippen molar-refractivity contribution in [2.24, 2.45) is 11.7 Å². The zero-order valence-electron chi connectivity index (χ0n) is 24.1. The maximum Gasteiger partial charge on any atom is 0.338 e. The number of esters is 2. The summed E-state index contributed by atoms with van der Waals surface area (Å²) in [4.78, 5) is 54.1. The first-order valence-corrected chi connectivity index (χ1v) is 14.1. The van der Waals surface area contributed by atoms with Gasteiger partial charge in [-0.25, -0.2) is 9.18 Å². The van der Waals surface area contributed by atoms with Crippen LogP contribution in [0.15, 0.2) is 102 Å². The van der Waals surface area contributed by atoms with E-state index in [1.807, 2.05) is 18.2 Å². The summed E-state index contributed by atoms with van der Waals surface area (Å²) < 4.78 is 25.4. The molecule has 1 heterocycles. The Kier molecular flexibility index (Phi) is 8.57. The number of nitrogens with two attached hydrogens (primary N) is 1. The summed E-state index contributed by atoms with van der Waals surface area (Å²) in [6, 6.07) is 20.0. The number of halogens is 1. The monoisotopic (exact) mass is 599 g/mol. The normalized spacial score (nSPS) is 19.8. The van der Waals surface area contributed by atoms with Gasteiger partial charge in [0.1, 0.15) is 17.6 Å². The molecule has 0 unspecified atom stereocenters. The Hall–Kier alpha value is -5.32. The number of nitrogens with zero attached hydrogens (tertiary/aromatic N) is 2.